The van der Waals surface area contributed by atoms with Crippen LogP contribution in [0.3, 0.4) is 0 Å². The van der Waals surface area contributed by atoms with E-state index in [9.17, 15) is 105 Å². The molecule has 0 fully saturated rings. The van der Waals surface area contributed by atoms with E-state index in [2.05, 4.69) is 91.0 Å². The van der Waals surface area contributed by atoms with Crippen molar-refractivity contribution in [3.05, 3.63) is 340 Å². The second kappa shape index (κ2) is 30.5. The van der Waals surface area contributed by atoms with Crippen LogP contribution in [-0.4, -0.2) is 36.7 Å². The van der Waals surface area contributed by atoms with Crippen LogP contribution in [0.2, 0.25) is 0 Å². The van der Waals surface area contributed by atoms with E-state index < -0.39 is 289 Å². The summed E-state index contributed by atoms with van der Waals surface area (Å²) in [5, 5.41) is 0. The van der Waals surface area contributed by atoms with Crippen molar-refractivity contribution in [2.45, 2.75) is 3.17 Å². The maximum atomic E-state index is 15.4. The van der Waals surface area contributed by atoms with Crippen molar-refractivity contribution in [1.29, 1.82) is 0 Å². The van der Waals surface area contributed by atoms with Crippen LogP contribution in [0.5, 0.6) is 0 Å². The zero-order valence-corrected chi connectivity index (χ0v) is 54.8. The summed E-state index contributed by atoms with van der Waals surface area (Å²) in [6.45, 7) is 0. The van der Waals surface area contributed by atoms with Crippen LogP contribution in [0.1, 0.15) is 16.7 Å². The summed E-state index contributed by atoms with van der Waals surface area (Å²) < 4.78 is 588. The van der Waals surface area contributed by atoms with Gasteiger partial charge in [-0.15, -0.1) is 43.7 Å². The Labute approximate surface area is 597 Å². The quantitative estimate of drug-likeness (QED) is 0.0398. The third-order valence-electron chi connectivity index (χ3n) is 17.1. The molecule has 0 amide bonds. The van der Waals surface area contributed by atoms with Crippen molar-refractivity contribution in [3.63, 3.8) is 0 Å². The molecule has 0 unspecified atom stereocenters. The fourth-order valence-electron chi connectivity index (χ4n) is 12.4. The summed E-state index contributed by atoms with van der Waals surface area (Å²) in [6.07, 6.45) is -14.4. The Bertz CT molecular complexity index is 4470. The molecule has 0 saturated heterocycles. The second-order valence-corrected chi connectivity index (χ2v) is 25.0. The number of benzene rings is 11. The number of hydrogen-bond acceptors (Lipinski definition) is 0. The zero-order chi connectivity index (χ0) is 82.6. The van der Waals surface area contributed by atoms with Gasteiger partial charge in [-0.25, -0.2) is 176 Å². The topological polar surface area (TPSA) is 0 Å². The molecule has 43 heteroatoms. The first-order valence-corrected chi connectivity index (χ1v) is 30.3. The van der Waals surface area contributed by atoms with Gasteiger partial charge in [0.1, 0.15) is 105 Å². The van der Waals surface area contributed by atoms with Gasteiger partial charge in [0.2, 0.25) is 0 Å². The van der Waals surface area contributed by atoms with E-state index in [1.165, 1.54) is 16.7 Å². The van der Waals surface area contributed by atoms with Gasteiger partial charge in [-0.3, -0.25) is 0 Å². The van der Waals surface area contributed by atoms with Gasteiger partial charge < -0.3 is 0 Å². The van der Waals surface area contributed by atoms with Crippen molar-refractivity contribution in [2.24, 2.45) is 0 Å². The van der Waals surface area contributed by atoms with Gasteiger partial charge >= 0.3 is 135 Å². The number of rotatable bonds is 11. The van der Waals surface area contributed by atoms with Crippen LogP contribution >= 0.6 is 0 Å². The van der Waals surface area contributed by atoms with Crippen LogP contribution < -0.4 is 43.7 Å². The minimum atomic E-state index is -7.22. The van der Waals surface area contributed by atoms with E-state index in [0.29, 0.717) is 0 Å². The van der Waals surface area contributed by atoms with E-state index in [0.717, 1.165) is 24.4 Å². The van der Waals surface area contributed by atoms with Gasteiger partial charge in [0.05, 0.1) is 0 Å². The molecule has 0 nitrogen and oxygen atoms in total. The van der Waals surface area contributed by atoms with E-state index in [4.69, 9.17) is 0 Å². The van der Waals surface area contributed by atoms with Gasteiger partial charge in [-0.05, 0) is 0 Å². The van der Waals surface area contributed by atoms with Crippen molar-refractivity contribution in [2.75, 3.05) is 0 Å². The molecule has 0 atom stereocenters. The summed E-state index contributed by atoms with van der Waals surface area (Å²) in [5.41, 5.74) is -24.5. The first-order valence-electron chi connectivity index (χ1n) is 28.6. The molecule has 572 valence electrons. The maximum absolute atomic E-state index is 15.4. The molecule has 0 N–H and O–H groups in total. The van der Waals surface area contributed by atoms with Gasteiger partial charge in [0, 0.05) is 0 Å². The monoisotopic (exact) mass is 1720 g/mol. The third kappa shape index (κ3) is 12.4. The fourth-order valence-corrected chi connectivity index (χ4v) is 14.0. The van der Waals surface area contributed by atoms with Crippen molar-refractivity contribution in [1.82, 2.24) is 0 Å². The van der Waals surface area contributed by atoms with E-state index in [1.54, 1.807) is 0 Å². The summed E-state index contributed by atoms with van der Waals surface area (Å²) in [4.78, 5) is 0. The summed E-state index contributed by atoms with van der Waals surface area (Å²) >= 11 is 1.11. The molecular formula is C67H15B2F40In. The van der Waals surface area contributed by atoms with Crippen molar-refractivity contribution in [3.8, 4) is 0 Å². The predicted molar refractivity (Wildman–Crippen MR) is 303 cm³/mol. The average molecular weight is 1720 g/mol. The summed E-state index contributed by atoms with van der Waals surface area (Å²) in [6, 6.07) is 32.5. The number of halogens is 40. The molecule has 0 aliphatic carbocycles. The molecule has 0 aliphatic rings. The van der Waals surface area contributed by atoms with Crippen molar-refractivity contribution >= 4 is 80.4 Å². The second-order valence-electron chi connectivity index (χ2n) is 22.5. The SMILES string of the molecule is Fc1c(F)c(F)c([B-](c2c(F)c(F)c(F)c(F)c2F)(c2c(F)c(F)c(F)c(F)c2F)c2c(F)c(F)c(F)c(F)c2F)c(F)c1F.Fc1c(F)c(F)c([B-](c2c(F)c(F)c(F)c(F)c2F)(c2c(F)c(F)c(F)c(F)c2F)c2c(F)c(F)c(F)c(F)c2F)c(F)c1F.[In+2][C](c1ccccc1)(c1ccccc1)c1ccccc1. The first kappa shape index (κ1) is 83.7. The van der Waals surface area contributed by atoms with Crippen LogP contribution in [0.4, 0.5) is 176 Å². The Kier molecular flexibility index (Phi) is 23.2. The van der Waals surface area contributed by atoms with E-state index in [1.807, 2.05) is 0 Å². The Balaban J connectivity index is 0.000000203. The van der Waals surface area contributed by atoms with E-state index in [-0.39, 0.29) is 3.17 Å². The predicted octanol–water partition coefficient (Wildman–Crippen LogP) is 15.8. The molecule has 0 aromatic heterocycles. The van der Waals surface area contributed by atoms with Crippen LogP contribution in [0, 0.1) is 233 Å². The Hall–Kier alpha value is -10.4. The fraction of sp³-hybridized carbons (Fsp3) is 0.0149. The molecular weight excluding hydrogens is 1700 g/mol. The Morgan fingerprint density at radius 1 is 0.136 bits per heavy atom. The van der Waals surface area contributed by atoms with Crippen LogP contribution in [0.25, 0.3) is 0 Å². The molecule has 110 heavy (non-hydrogen) atoms. The molecule has 11 aromatic carbocycles. The molecule has 0 spiro atoms. The van der Waals surface area contributed by atoms with Gasteiger partial charge in [0.15, 0.2) is 140 Å². The van der Waals surface area contributed by atoms with Gasteiger partial charge in [0.25, 0.3) is 0 Å². The zero-order valence-electron chi connectivity index (χ0n) is 51.5. The molecule has 0 heterocycles. The standard InChI is InChI=1S/2C24BF20.C19H15.In/c2*26-5-1(6(27)14(35)21(42)13(5)34)25(2-7(28)15(36)22(43)16(37)8(2)29,3-9(30)17(38)23(44)18(39)10(3)31)4-11(32)19(40)24(45)20(41)12(4)33;1-4-10-16(11-5-1)19(17-12-6-2-7-13-17)18-14-8-3-9-15-18;/h;;1-15H;/q2*-1;;+2. The Morgan fingerprint density at radius 2 is 0.218 bits per heavy atom. The van der Waals surface area contributed by atoms with Gasteiger partial charge in [-0.1, -0.05) is 0 Å². The van der Waals surface area contributed by atoms with Crippen LogP contribution in [0.15, 0.2) is 91.0 Å². The first-order chi connectivity index (χ1) is 51.2. The molecule has 0 saturated carbocycles. The Morgan fingerprint density at radius 3 is 0.309 bits per heavy atom. The molecule has 11 aromatic rings. The van der Waals surface area contributed by atoms with Crippen molar-refractivity contribution < 1.29 is 176 Å². The average Bonchev–Trinajstić information content (AvgIpc) is 0.685. The van der Waals surface area contributed by atoms with Gasteiger partial charge in [-0.2, -0.15) is 0 Å². The van der Waals surface area contributed by atoms with Crippen LogP contribution in [-0.2, 0) is 3.17 Å². The molecule has 0 bridgehead atoms. The normalized spacial score (nSPS) is 11.9. The number of hydrogen-bond donors (Lipinski definition) is 0. The molecule has 0 radical (unpaired) electrons. The van der Waals surface area contributed by atoms with E-state index >= 15 is 70.2 Å². The molecule has 11 rings (SSSR count). The third-order valence-corrected chi connectivity index (χ3v) is 20.0. The minimum absolute atomic E-state index is 0.00875. The molecule has 0 aliphatic heterocycles. The summed E-state index contributed by atoms with van der Waals surface area (Å²) in [7, 11) is 0. The summed E-state index contributed by atoms with van der Waals surface area (Å²) in [5.74, 6) is -143.